The lowest BCUT2D eigenvalue weighted by Crippen LogP contribution is -1.98. The quantitative estimate of drug-likeness (QED) is 0.810. The summed E-state index contributed by atoms with van der Waals surface area (Å²) in [5.41, 5.74) is 0.977. The highest BCUT2D eigenvalue weighted by Gasteiger charge is 2.10. The SMILES string of the molecule is CC(=O)Cc1ccc(OCc2nc(C(C)C)no2)cc1. The number of aromatic nitrogens is 2. The summed E-state index contributed by atoms with van der Waals surface area (Å²) in [6.45, 7) is 5.82. The van der Waals surface area contributed by atoms with Crippen LogP contribution in [0.2, 0.25) is 0 Å². The van der Waals surface area contributed by atoms with Crippen molar-refractivity contribution in [3.8, 4) is 5.75 Å². The van der Waals surface area contributed by atoms with Crippen molar-refractivity contribution < 1.29 is 14.1 Å². The van der Waals surface area contributed by atoms with E-state index in [1.807, 2.05) is 38.1 Å². The molecule has 1 aromatic carbocycles. The molecular weight excluding hydrogens is 256 g/mol. The Hall–Kier alpha value is -2.17. The second-order valence-electron chi connectivity index (χ2n) is 5.01. The molecule has 0 spiro atoms. The van der Waals surface area contributed by atoms with Gasteiger partial charge >= 0.3 is 0 Å². The fourth-order valence-corrected chi connectivity index (χ4v) is 1.70. The number of hydrogen-bond donors (Lipinski definition) is 0. The Balaban J connectivity index is 1.91. The minimum atomic E-state index is 0.144. The van der Waals surface area contributed by atoms with Gasteiger partial charge in [-0.15, -0.1) is 0 Å². The molecule has 0 saturated carbocycles. The van der Waals surface area contributed by atoms with Gasteiger partial charge in [0.15, 0.2) is 12.4 Å². The van der Waals surface area contributed by atoms with Crippen LogP contribution in [0, 0.1) is 0 Å². The summed E-state index contributed by atoms with van der Waals surface area (Å²) < 4.78 is 10.7. The fraction of sp³-hybridized carbons (Fsp3) is 0.400. The van der Waals surface area contributed by atoms with Crippen molar-refractivity contribution in [2.75, 3.05) is 0 Å². The van der Waals surface area contributed by atoms with Crippen LogP contribution in [0.25, 0.3) is 0 Å². The van der Waals surface area contributed by atoms with Gasteiger partial charge in [-0.1, -0.05) is 31.1 Å². The lowest BCUT2D eigenvalue weighted by molar-refractivity contribution is -0.116. The second-order valence-corrected chi connectivity index (χ2v) is 5.01. The summed E-state index contributed by atoms with van der Waals surface area (Å²) in [6, 6.07) is 7.42. The van der Waals surface area contributed by atoms with Gasteiger partial charge in [0.05, 0.1) is 0 Å². The molecule has 0 radical (unpaired) electrons. The van der Waals surface area contributed by atoms with Crippen molar-refractivity contribution in [1.29, 1.82) is 0 Å². The topological polar surface area (TPSA) is 65.2 Å². The Labute approximate surface area is 118 Å². The van der Waals surface area contributed by atoms with Crippen LogP contribution in [0.5, 0.6) is 5.75 Å². The third kappa shape index (κ3) is 3.91. The van der Waals surface area contributed by atoms with E-state index in [-0.39, 0.29) is 18.3 Å². The number of ketones is 1. The van der Waals surface area contributed by atoms with Crippen molar-refractivity contribution in [3.05, 3.63) is 41.5 Å². The van der Waals surface area contributed by atoms with E-state index in [1.165, 1.54) is 0 Å². The van der Waals surface area contributed by atoms with Gasteiger partial charge in [-0.05, 0) is 24.6 Å². The number of carbonyl (C=O) groups excluding carboxylic acids is 1. The number of Topliss-reactive ketones (excluding diaryl/α,β-unsaturated/α-hetero) is 1. The van der Waals surface area contributed by atoms with Gasteiger partial charge in [-0.3, -0.25) is 4.79 Å². The average molecular weight is 274 g/mol. The first-order valence-corrected chi connectivity index (χ1v) is 6.58. The van der Waals surface area contributed by atoms with Crippen molar-refractivity contribution in [2.24, 2.45) is 0 Å². The summed E-state index contributed by atoms with van der Waals surface area (Å²) in [7, 11) is 0. The molecule has 106 valence electrons. The third-order valence-corrected chi connectivity index (χ3v) is 2.74. The van der Waals surface area contributed by atoms with Crippen LogP contribution in [0.1, 0.15) is 44.0 Å². The molecule has 0 unspecified atom stereocenters. The van der Waals surface area contributed by atoms with E-state index in [4.69, 9.17) is 9.26 Å². The Morgan fingerprint density at radius 1 is 1.30 bits per heavy atom. The third-order valence-electron chi connectivity index (χ3n) is 2.74. The lowest BCUT2D eigenvalue weighted by Gasteiger charge is -2.04. The van der Waals surface area contributed by atoms with Crippen molar-refractivity contribution in [3.63, 3.8) is 0 Å². The predicted molar refractivity (Wildman–Crippen MR) is 73.5 cm³/mol. The Bertz CT molecular complexity index is 573. The smallest absolute Gasteiger partial charge is 0.264 e. The minimum absolute atomic E-state index is 0.144. The molecule has 1 heterocycles. The zero-order valence-corrected chi connectivity index (χ0v) is 11.9. The molecule has 0 N–H and O–H groups in total. The van der Waals surface area contributed by atoms with Crippen molar-refractivity contribution >= 4 is 5.78 Å². The van der Waals surface area contributed by atoms with Crippen LogP contribution < -0.4 is 4.74 Å². The highest BCUT2D eigenvalue weighted by molar-refractivity contribution is 5.78. The van der Waals surface area contributed by atoms with Crippen molar-refractivity contribution in [2.45, 2.75) is 39.7 Å². The first kappa shape index (κ1) is 14.2. The molecule has 0 atom stereocenters. The Morgan fingerprint density at radius 2 is 2.00 bits per heavy atom. The summed E-state index contributed by atoms with van der Waals surface area (Å²) in [6.07, 6.45) is 0.446. The molecule has 5 nitrogen and oxygen atoms in total. The molecular formula is C15H18N2O3. The number of carbonyl (C=O) groups is 1. The fourth-order valence-electron chi connectivity index (χ4n) is 1.70. The maximum atomic E-state index is 11.0. The summed E-state index contributed by atoms with van der Waals surface area (Å²) in [5.74, 6) is 2.23. The average Bonchev–Trinajstić information content (AvgIpc) is 2.86. The van der Waals surface area contributed by atoms with Gasteiger partial charge < -0.3 is 9.26 Å². The van der Waals surface area contributed by atoms with Crippen LogP contribution in [0.15, 0.2) is 28.8 Å². The lowest BCUT2D eigenvalue weighted by atomic mass is 10.1. The van der Waals surface area contributed by atoms with E-state index in [9.17, 15) is 4.79 Å². The van der Waals surface area contributed by atoms with E-state index in [2.05, 4.69) is 10.1 Å². The minimum Gasteiger partial charge on any atom is -0.484 e. The summed E-state index contributed by atoms with van der Waals surface area (Å²) in [5, 5.41) is 3.87. The standard InChI is InChI=1S/C15H18N2O3/c1-10(2)15-16-14(20-17-15)9-19-13-6-4-12(5-7-13)8-11(3)18/h4-7,10H,8-9H2,1-3H3. The molecule has 20 heavy (non-hydrogen) atoms. The van der Waals surface area contributed by atoms with E-state index in [0.717, 1.165) is 5.56 Å². The highest BCUT2D eigenvalue weighted by atomic mass is 16.5. The number of nitrogens with zero attached hydrogens (tertiary/aromatic N) is 2. The molecule has 0 amide bonds. The van der Waals surface area contributed by atoms with Crippen LogP contribution in [-0.2, 0) is 17.8 Å². The van der Waals surface area contributed by atoms with E-state index in [1.54, 1.807) is 6.92 Å². The second kappa shape index (κ2) is 6.32. The van der Waals surface area contributed by atoms with Gasteiger partial charge in [0.1, 0.15) is 11.5 Å². The van der Waals surface area contributed by atoms with Crippen LogP contribution >= 0.6 is 0 Å². The molecule has 0 bridgehead atoms. The number of benzene rings is 1. The number of ether oxygens (including phenoxy) is 1. The van der Waals surface area contributed by atoms with Gasteiger partial charge in [-0.2, -0.15) is 4.98 Å². The first-order valence-electron chi connectivity index (χ1n) is 6.58. The molecule has 2 aromatic rings. The molecule has 0 saturated heterocycles. The molecule has 0 aliphatic heterocycles. The van der Waals surface area contributed by atoms with Crippen LogP contribution in [0.4, 0.5) is 0 Å². The first-order chi connectivity index (χ1) is 9.54. The molecule has 0 aliphatic carbocycles. The Kier molecular flexibility index (Phi) is 4.50. The summed E-state index contributed by atoms with van der Waals surface area (Å²) >= 11 is 0. The molecule has 5 heteroatoms. The molecule has 0 fully saturated rings. The number of hydrogen-bond acceptors (Lipinski definition) is 5. The summed E-state index contributed by atoms with van der Waals surface area (Å²) in [4.78, 5) is 15.2. The maximum Gasteiger partial charge on any atom is 0.264 e. The van der Waals surface area contributed by atoms with Gasteiger partial charge in [-0.25, -0.2) is 0 Å². The number of rotatable bonds is 6. The monoisotopic (exact) mass is 274 g/mol. The van der Waals surface area contributed by atoms with Gasteiger partial charge in [0.2, 0.25) is 0 Å². The van der Waals surface area contributed by atoms with Gasteiger partial charge in [0, 0.05) is 12.3 Å². The highest BCUT2D eigenvalue weighted by Crippen LogP contribution is 2.15. The van der Waals surface area contributed by atoms with Crippen LogP contribution in [-0.4, -0.2) is 15.9 Å². The van der Waals surface area contributed by atoms with Gasteiger partial charge in [0.25, 0.3) is 5.89 Å². The van der Waals surface area contributed by atoms with E-state index >= 15 is 0 Å². The van der Waals surface area contributed by atoms with E-state index < -0.39 is 0 Å². The Morgan fingerprint density at radius 3 is 2.55 bits per heavy atom. The van der Waals surface area contributed by atoms with Crippen molar-refractivity contribution in [1.82, 2.24) is 10.1 Å². The molecule has 0 aliphatic rings. The predicted octanol–water partition coefficient (Wildman–Crippen LogP) is 2.90. The zero-order valence-electron chi connectivity index (χ0n) is 11.9. The maximum absolute atomic E-state index is 11.0. The van der Waals surface area contributed by atoms with Crippen LogP contribution in [0.3, 0.4) is 0 Å². The normalized spacial score (nSPS) is 10.8. The zero-order chi connectivity index (χ0) is 14.5. The van der Waals surface area contributed by atoms with E-state index in [0.29, 0.717) is 23.9 Å². The molecule has 2 rings (SSSR count). The molecule has 1 aromatic heterocycles. The largest absolute Gasteiger partial charge is 0.484 e.